The van der Waals surface area contributed by atoms with Gasteiger partial charge in [0.1, 0.15) is 12.2 Å². The van der Waals surface area contributed by atoms with Gasteiger partial charge in [0.2, 0.25) is 0 Å². The normalized spacial score (nSPS) is 12.7. The smallest absolute Gasteiger partial charge is 0.138 e. The van der Waals surface area contributed by atoms with E-state index in [4.69, 9.17) is 0 Å². The lowest BCUT2D eigenvalue weighted by molar-refractivity contribution is 0.0343. The standard InChI is InChI=1S/C13H25N3O2/c1-10(2)5-13(7-17,8-18)6-12-14-9-15-16(12)11(3)4/h9-11,17-18H,5-8H2,1-4H3. The van der Waals surface area contributed by atoms with E-state index >= 15 is 0 Å². The molecule has 0 aromatic carbocycles. The zero-order valence-corrected chi connectivity index (χ0v) is 11.8. The van der Waals surface area contributed by atoms with E-state index in [-0.39, 0.29) is 19.3 Å². The van der Waals surface area contributed by atoms with Crippen LogP contribution in [0.5, 0.6) is 0 Å². The van der Waals surface area contributed by atoms with Crippen molar-refractivity contribution in [1.82, 2.24) is 14.8 Å². The van der Waals surface area contributed by atoms with Crippen LogP contribution in [-0.2, 0) is 6.42 Å². The van der Waals surface area contributed by atoms with Gasteiger partial charge in [-0.15, -0.1) is 0 Å². The van der Waals surface area contributed by atoms with E-state index in [1.54, 1.807) is 0 Å². The predicted molar refractivity (Wildman–Crippen MR) is 70.2 cm³/mol. The zero-order chi connectivity index (χ0) is 13.8. The molecule has 2 N–H and O–H groups in total. The highest BCUT2D eigenvalue weighted by atomic mass is 16.3. The molecule has 0 fully saturated rings. The molecule has 0 aliphatic heterocycles. The van der Waals surface area contributed by atoms with Crippen LogP contribution in [0.15, 0.2) is 6.33 Å². The Morgan fingerprint density at radius 2 is 1.83 bits per heavy atom. The molecule has 1 heterocycles. The molecule has 0 saturated carbocycles. The number of hydrogen-bond acceptors (Lipinski definition) is 4. The van der Waals surface area contributed by atoms with Crippen molar-refractivity contribution in [2.45, 2.75) is 46.6 Å². The molecule has 0 amide bonds. The minimum Gasteiger partial charge on any atom is -0.396 e. The van der Waals surface area contributed by atoms with Gasteiger partial charge in [-0.25, -0.2) is 9.67 Å². The molecule has 1 aromatic heterocycles. The maximum absolute atomic E-state index is 9.64. The first-order valence-electron chi connectivity index (χ1n) is 6.54. The minimum atomic E-state index is -0.506. The molecule has 0 unspecified atom stereocenters. The third kappa shape index (κ3) is 3.53. The molecule has 1 rings (SSSR count). The lowest BCUT2D eigenvalue weighted by Gasteiger charge is -2.31. The number of nitrogens with zero attached hydrogens (tertiary/aromatic N) is 3. The van der Waals surface area contributed by atoms with Crippen molar-refractivity contribution in [3.05, 3.63) is 12.2 Å². The second-order valence-corrected chi connectivity index (χ2v) is 5.81. The molecule has 0 atom stereocenters. The Morgan fingerprint density at radius 3 is 2.28 bits per heavy atom. The van der Waals surface area contributed by atoms with Crippen molar-refractivity contribution >= 4 is 0 Å². The van der Waals surface area contributed by atoms with Gasteiger partial charge in [0.25, 0.3) is 0 Å². The molecular weight excluding hydrogens is 230 g/mol. The van der Waals surface area contributed by atoms with E-state index in [0.717, 1.165) is 12.2 Å². The Kier molecular flexibility index (Phi) is 5.28. The Balaban J connectivity index is 2.92. The van der Waals surface area contributed by atoms with Crippen LogP contribution in [0.1, 0.15) is 46.0 Å². The van der Waals surface area contributed by atoms with Gasteiger partial charge in [0.05, 0.1) is 13.2 Å². The summed E-state index contributed by atoms with van der Waals surface area (Å²) in [6, 6.07) is 0.233. The van der Waals surface area contributed by atoms with Gasteiger partial charge < -0.3 is 10.2 Å². The van der Waals surface area contributed by atoms with Gasteiger partial charge in [-0.3, -0.25) is 0 Å². The summed E-state index contributed by atoms with van der Waals surface area (Å²) < 4.78 is 1.85. The Bertz CT molecular complexity index is 357. The van der Waals surface area contributed by atoms with Crippen LogP contribution >= 0.6 is 0 Å². The van der Waals surface area contributed by atoms with Crippen LogP contribution in [0.3, 0.4) is 0 Å². The summed E-state index contributed by atoms with van der Waals surface area (Å²) in [7, 11) is 0. The Hall–Kier alpha value is -0.940. The molecule has 5 nitrogen and oxygen atoms in total. The Labute approximate surface area is 109 Å². The van der Waals surface area contributed by atoms with Crippen LogP contribution in [-0.4, -0.2) is 38.2 Å². The largest absolute Gasteiger partial charge is 0.396 e. The van der Waals surface area contributed by atoms with E-state index in [0.29, 0.717) is 12.3 Å². The molecule has 0 radical (unpaired) electrons. The molecule has 0 spiro atoms. The predicted octanol–water partition coefficient (Wildman–Crippen LogP) is 1.42. The molecule has 0 aliphatic carbocycles. The summed E-state index contributed by atoms with van der Waals surface area (Å²) in [5.74, 6) is 1.24. The van der Waals surface area contributed by atoms with E-state index in [9.17, 15) is 10.2 Å². The van der Waals surface area contributed by atoms with E-state index in [1.807, 2.05) is 18.5 Å². The van der Waals surface area contributed by atoms with Gasteiger partial charge in [-0.05, 0) is 26.2 Å². The molecule has 0 saturated heterocycles. The molecule has 0 aliphatic rings. The van der Waals surface area contributed by atoms with Gasteiger partial charge >= 0.3 is 0 Å². The third-order valence-electron chi connectivity index (χ3n) is 3.18. The fraction of sp³-hybridized carbons (Fsp3) is 0.846. The first kappa shape index (κ1) is 15.1. The van der Waals surface area contributed by atoms with Crippen molar-refractivity contribution in [2.24, 2.45) is 11.3 Å². The molecule has 104 valence electrons. The van der Waals surface area contributed by atoms with E-state index in [1.165, 1.54) is 6.33 Å². The quantitative estimate of drug-likeness (QED) is 0.773. The number of aromatic nitrogens is 3. The van der Waals surface area contributed by atoms with Crippen LogP contribution in [0.25, 0.3) is 0 Å². The van der Waals surface area contributed by atoms with E-state index in [2.05, 4.69) is 23.9 Å². The summed E-state index contributed by atoms with van der Waals surface area (Å²) in [6.45, 7) is 8.19. The number of hydrogen-bond donors (Lipinski definition) is 2. The van der Waals surface area contributed by atoms with Crippen LogP contribution in [0, 0.1) is 11.3 Å². The fourth-order valence-corrected chi connectivity index (χ4v) is 2.40. The van der Waals surface area contributed by atoms with E-state index < -0.39 is 5.41 Å². The topological polar surface area (TPSA) is 71.2 Å². The van der Waals surface area contributed by atoms with Crippen molar-refractivity contribution < 1.29 is 10.2 Å². The van der Waals surface area contributed by atoms with Gasteiger partial charge in [-0.2, -0.15) is 5.10 Å². The van der Waals surface area contributed by atoms with Crippen LogP contribution < -0.4 is 0 Å². The monoisotopic (exact) mass is 255 g/mol. The van der Waals surface area contributed by atoms with Crippen LogP contribution in [0.2, 0.25) is 0 Å². The summed E-state index contributed by atoms with van der Waals surface area (Å²) in [4.78, 5) is 4.26. The summed E-state index contributed by atoms with van der Waals surface area (Å²) >= 11 is 0. The highest BCUT2D eigenvalue weighted by Gasteiger charge is 2.32. The highest BCUT2D eigenvalue weighted by Crippen LogP contribution is 2.30. The maximum atomic E-state index is 9.64. The van der Waals surface area contributed by atoms with Crippen molar-refractivity contribution in [3.8, 4) is 0 Å². The average Bonchev–Trinajstić information content (AvgIpc) is 2.75. The fourth-order valence-electron chi connectivity index (χ4n) is 2.40. The maximum Gasteiger partial charge on any atom is 0.138 e. The zero-order valence-electron chi connectivity index (χ0n) is 11.8. The van der Waals surface area contributed by atoms with Crippen molar-refractivity contribution in [2.75, 3.05) is 13.2 Å². The molecule has 0 bridgehead atoms. The third-order valence-corrected chi connectivity index (χ3v) is 3.18. The first-order chi connectivity index (χ1) is 8.44. The number of aliphatic hydroxyl groups is 2. The van der Waals surface area contributed by atoms with Gasteiger partial charge in [-0.1, -0.05) is 13.8 Å². The average molecular weight is 255 g/mol. The molecule has 18 heavy (non-hydrogen) atoms. The number of aliphatic hydroxyl groups excluding tert-OH is 2. The highest BCUT2D eigenvalue weighted by molar-refractivity contribution is 4.95. The minimum absolute atomic E-state index is 0.0351. The summed E-state index contributed by atoms with van der Waals surface area (Å²) in [5, 5.41) is 23.5. The first-order valence-corrected chi connectivity index (χ1v) is 6.54. The van der Waals surface area contributed by atoms with Crippen molar-refractivity contribution in [3.63, 3.8) is 0 Å². The van der Waals surface area contributed by atoms with Gasteiger partial charge in [0.15, 0.2) is 0 Å². The molecule has 5 heteroatoms. The SMILES string of the molecule is CC(C)CC(CO)(CO)Cc1ncnn1C(C)C. The second kappa shape index (κ2) is 6.29. The lowest BCUT2D eigenvalue weighted by Crippen LogP contribution is -2.35. The number of rotatable bonds is 7. The Morgan fingerprint density at radius 1 is 1.22 bits per heavy atom. The van der Waals surface area contributed by atoms with Crippen molar-refractivity contribution in [1.29, 1.82) is 0 Å². The summed E-state index contributed by atoms with van der Waals surface area (Å²) in [5.41, 5.74) is -0.506. The molecule has 1 aromatic rings. The lowest BCUT2D eigenvalue weighted by atomic mass is 9.78. The summed E-state index contributed by atoms with van der Waals surface area (Å²) in [6.07, 6.45) is 2.85. The van der Waals surface area contributed by atoms with Gasteiger partial charge in [0, 0.05) is 17.9 Å². The molecular formula is C13H25N3O2. The van der Waals surface area contributed by atoms with Crippen LogP contribution in [0.4, 0.5) is 0 Å². The second-order valence-electron chi connectivity index (χ2n) is 5.81.